The van der Waals surface area contributed by atoms with E-state index in [1.807, 2.05) is 6.07 Å². The molecule has 0 amide bonds. The average Bonchev–Trinajstić information content (AvgIpc) is 2.39. The second-order valence-corrected chi connectivity index (χ2v) is 3.60. The van der Waals surface area contributed by atoms with Crippen LogP contribution in [0.5, 0.6) is 5.88 Å². The lowest BCUT2D eigenvalue weighted by molar-refractivity contribution is 0.398. The predicted molar refractivity (Wildman–Crippen MR) is 64.1 cm³/mol. The van der Waals surface area contributed by atoms with Crippen molar-refractivity contribution in [2.75, 3.05) is 7.11 Å². The summed E-state index contributed by atoms with van der Waals surface area (Å²) < 4.78 is 18.3. The van der Waals surface area contributed by atoms with Gasteiger partial charge in [-0.15, -0.1) is 0 Å². The minimum Gasteiger partial charge on any atom is -0.481 e. The van der Waals surface area contributed by atoms with Crippen molar-refractivity contribution in [1.82, 2.24) is 4.98 Å². The number of aromatic nitrogens is 1. The van der Waals surface area contributed by atoms with Gasteiger partial charge in [0.25, 0.3) is 0 Å². The van der Waals surface area contributed by atoms with Crippen LogP contribution < -0.4 is 10.5 Å². The van der Waals surface area contributed by atoms with E-state index in [1.165, 1.54) is 6.07 Å². The fourth-order valence-electron chi connectivity index (χ4n) is 1.58. The van der Waals surface area contributed by atoms with Crippen molar-refractivity contribution in [1.29, 1.82) is 0 Å². The minimum atomic E-state index is -0.280. The first-order chi connectivity index (χ1) is 8.24. The van der Waals surface area contributed by atoms with Crippen molar-refractivity contribution in [3.63, 3.8) is 0 Å². The summed E-state index contributed by atoms with van der Waals surface area (Å²) in [5, 5.41) is 0. The van der Waals surface area contributed by atoms with Crippen LogP contribution in [-0.4, -0.2) is 12.1 Å². The highest BCUT2D eigenvalue weighted by Gasteiger charge is 2.04. The van der Waals surface area contributed by atoms with Crippen LogP contribution >= 0.6 is 0 Å². The Morgan fingerprint density at radius 2 is 2.00 bits per heavy atom. The number of benzene rings is 1. The third kappa shape index (κ3) is 2.42. The van der Waals surface area contributed by atoms with Gasteiger partial charge in [-0.3, -0.25) is 0 Å². The molecule has 1 aromatic carbocycles. The molecule has 0 atom stereocenters. The van der Waals surface area contributed by atoms with Gasteiger partial charge in [0.15, 0.2) is 0 Å². The molecule has 0 fully saturated rings. The van der Waals surface area contributed by atoms with Gasteiger partial charge in [-0.2, -0.15) is 0 Å². The first-order valence-corrected chi connectivity index (χ1v) is 5.23. The summed E-state index contributed by atoms with van der Waals surface area (Å²) >= 11 is 0. The maximum atomic E-state index is 13.3. The standard InChI is InChI=1S/C13H13FN2O/c1-17-13-5-3-10(8-16-13)9-2-4-12(14)11(6-9)7-15/h2-6,8H,7,15H2,1H3. The molecule has 2 aromatic rings. The van der Waals surface area contributed by atoms with E-state index in [0.717, 1.165) is 11.1 Å². The molecule has 1 heterocycles. The number of nitrogens with two attached hydrogens (primary N) is 1. The summed E-state index contributed by atoms with van der Waals surface area (Å²) in [5.41, 5.74) is 7.76. The first kappa shape index (κ1) is 11.5. The monoisotopic (exact) mass is 232 g/mol. The average molecular weight is 232 g/mol. The lowest BCUT2D eigenvalue weighted by Gasteiger charge is -2.06. The van der Waals surface area contributed by atoms with E-state index in [1.54, 1.807) is 31.5 Å². The molecule has 0 aliphatic carbocycles. The topological polar surface area (TPSA) is 48.1 Å². The summed E-state index contributed by atoms with van der Waals surface area (Å²) in [5.74, 6) is 0.271. The third-order valence-corrected chi connectivity index (χ3v) is 2.54. The molecule has 0 spiro atoms. The van der Waals surface area contributed by atoms with E-state index in [-0.39, 0.29) is 12.4 Å². The zero-order valence-corrected chi connectivity index (χ0v) is 9.48. The number of pyridine rings is 1. The second kappa shape index (κ2) is 4.93. The van der Waals surface area contributed by atoms with Crippen molar-refractivity contribution in [3.8, 4) is 17.0 Å². The zero-order chi connectivity index (χ0) is 12.3. The van der Waals surface area contributed by atoms with Crippen molar-refractivity contribution in [2.45, 2.75) is 6.54 Å². The smallest absolute Gasteiger partial charge is 0.212 e. The van der Waals surface area contributed by atoms with Crippen LogP contribution in [0.1, 0.15) is 5.56 Å². The van der Waals surface area contributed by atoms with Gasteiger partial charge in [0.05, 0.1) is 7.11 Å². The van der Waals surface area contributed by atoms with Crippen LogP contribution in [0, 0.1) is 5.82 Å². The Hall–Kier alpha value is -1.94. The van der Waals surface area contributed by atoms with E-state index < -0.39 is 0 Å². The van der Waals surface area contributed by atoms with Crippen LogP contribution in [0.15, 0.2) is 36.5 Å². The number of nitrogens with zero attached hydrogens (tertiary/aromatic N) is 1. The van der Waals surface area contributed by atoms with E-state index >= 15 is 0 Å². The minimum absolute atomic E-state index is 0.184. The maximum Gasteiger partial charge on any atom is 0.212 e. The molecule has 2 N–H and O–H groups in total. The fourth-order valence-corrected chi connectivity index (χ4v) is 1.58. The number of hydrogen-bond acceptors (Lipinski definition) is 3. The van der Waals surface area contributed by atoms with Crippen LogP contribution in [0.25, 0.3) is 11.1 Å². The Balaban J connectivity index is 2.38. The molecule has 0 unspecified atom stereocenters. The number of halogens is 1. The Kier molecular flexibility index (Phi) is 3.35. The summed E-state index contributed by atoms with van der Waals surface area (Å²) in [7, 11) is 1.56. The molecule has 3 nitrogen and oxygen atoms in total. The van der Waals surface area contributed by atoms with Crippen LogP contribution in [0.4, 0.5) is 4.39 Å². The highest BCUT2D eigenvalue weighted by molar-refractivity contribution is 5.63. The number of rotatable bonds is 3. The molecule has 0 saturated carbocycles. The SMILES string of the molecule is COc1ccc(-c2ccc(F)c(CN)c2)cn1. The van der Waals surface area contributed by atoms with Crippen LogP contribution in [-0.2, 0) is 6.54 Å². The number of hydrogen-bond donors (Lipinski definition) is 1. The molecule has 2 rings (SSSR count). The molecule has 4 heteroatoms. The van der Waals surface area contributed by atoms with Gasteiger partial charge in [-0.05, 0) is 23.8 Å². The van der Waals surface area contributed by atoms with Gasteiger partial charge in [-0.25, -0.2) is 9.37 Å². The fraction of sp³-hybridized carbons (Fsp3) is 0.154. The Morgan fingerprint density at radius 1 is 1.24 bits per heavy atom. The second-order valence-electron chi connectivity index (χ2n) is 3.60. The summed E-state index contributed by atoms with van der Waals surface area (Å²) in [6.45, 7) is 0.184. The predicted octanol–water partition coefficient (Wildman–Crippen LogP) is 2.36. The Morgan fingerprint density at radius 3 is 2.59 bits per heavy atom. The van der Waals surface area contributed by atoms with Gasteiger partial charge >= 0.3 is 0 Å². The van der Waals surface area contributed by atoms with Gasteiger partial charge in [0, 0.05) is 29.9 Å². The normalized spacial score (nSPS) is 10.3. The van der Waals surface area contributed by atoms with E-state index in [2.05, 4.69) is 4.98 Å². The summed E-state index contributed by atoms with van der Waals surface area (Å²) in [6.07, 6.45) is 1.69. The molecule has 0 radical (unpaired) electrons. The highest BCUT2D eigenvalue weighted by Crippen LogP contribution is 2.22. The van der Waals surface area contributed by atoms with Gasteiger partial charge in [0.1, 0.15) is 5.82 Å². The third-order valence-electron chi connectivity index (χ3n) is 2.54. The van der Waals surface area contributed by atoms with Crippen molar-refractivity contribution < 1.29 is 9.13 Å². The molecular formula is C13H13FN2O. The van der Waals surface area contributed by atoms with Crippen LogP contribution in [0.2, 0.25) is 0 Å². The molecular weight excluding hydrogens is 219 g/mol. The van der Waals surface area contributed by atoms with Crippen LogP contribution in [0.3, 0.4) is 0 Å². The van der Waals surface area contributed by atoms with Crippen molar-refractivity contribution in [2.24, 2.45) is 5.73 Å². The molecule has 0 aliphatic rings. The quantitative estimate of drug-likeness (QED) is 0.883. The lowest BCUT2D eigenvalue weighted by atomic mass is 10.0. The Bertz CT molecular complexity index is 511. The lowest BCUT2D eigenvalue weighted by Crippen LogP contribution is -1.99. The largest absolute Gasteiger partial charge is 0.481 e. The van der Waals surface area contributed by atoms with E-state index in [4.69, 9.17) is 10.5 Å². The first-order valence-electron chi connectivity index (χ1n) is 5.23. The van der Waals surface area contributed by atoms with E-state index in [9.17, 15) is 4.39 Å². The molecule has 0 aliphatic heterocycles. The van der Waals surface area contributed by atoms with Gasteiger partial charge in [0.2, 0.25) is 5.88 Å². The Labute approximate surface area is 99.1 Å². The molecule has 88 valence electrons. The van der Waals surface area contributed by atoms with Gasteiger partial charge in [-0.1, -0.05) is 6.07 Å². The summed E-state index contributed by atoms with van der Waals surface area (Å²) in [4.78, 5) is 4.10. The zero-order valence-electron chi connectivity index (χ0n) is 9.48. The van der Waals surface area contributed by atoms with Crippen molar-refractivity contribution >= 4 is 0 Å². The summed E-state index contributed by atoms with van der Waals surface area (Å²) in [6, 6.07) is 8.50. The molecule has 0 bridgehead atoms. The maximum absolute atomic E-state index is 13.3. The molecule has 17 heavy (non-hydrogen) atoms. The van der Waals surface area contributed by atoms with E-state index in [0.29, 0.717) is 11.4 Å². The molecule has 0 saturated heterocycles. The highest BCUT2D eigenvalue weighted by atomic mass is 19.1. The molecule has 1 aromatic heterocycles. The number of methoxy groups -OCH3 is 1. The van der Waals surface area contributed by atoms with Gasteiger partial charge < -0.3 is 10.5 Å². The van der Waals surface area contributed by atoms with Crippen molar-refractivity contribution in [3.05, 3.63) is 47.9 Å². The number of ether oxygens (including phenoxy) is 1.